The lowest BCUT2D eigenvalue weighted by Gasteiger charge is -2.14. The van der Waals surface area contributed by atoms with Crippen LogP contribution in [0.1, 0.15) is 22.6 Å². The summed E-state index contributed by atoms with van der Waals surface area (Å²) in [6.07, 6.45) is -2.59. The van der Waals surface area contributed by atoms with Crippen molar-refractivity contribution in [3.05, 3.63) is 95.3 Å². The number of amides is 1. The van der Waals surface area contributed by atoms with Gasteiger partial charge in [0.15, 0.2) is 11.6 Å². The summed E-state index contributed by atoms with van der Waals surface area (Å²) in [6.45, 7) is 0.272. The van der Waals surface area contributed by atoms with E-state index in [4.69, 9.17) is 4.74 Å². The fourth-order valence-electron chi connectivity index (χ4n) is 3.81. The SMILES string of the molecule is O=C(NCC=Cc1ccc(OC(F)(F)F)c(F)c1)OCC1c2ccccc2-c2ccccc21. The number of benzene rings is 3. The number of alkyl carbamates (subject to hydrolysis) is 1. The van der Waals surface area contributed by atoms with Gasteiger partial charge in [-0.1, -0.05) is 66.7 Å². The molecule has 3 aromatic carbocycles. The molecule has 1 aliphatic rings. The standard InChI is InChI=1S/C25H19F4NO3/c26-22-14-16(11-12-23(22)33-25(27,28)29)6-5-13-30-24(31)32-15-21-19-9-3-1-7-17(19)18-8-2-4-10-20(18)21/h1-12,14,21H,13,15H2,(H,30,31). The number of halogens is 4. The third-order valence-corrected chi connectivity index (χ3v) is 5.20. The first-order valence-electron chi connectivity index (χ1n) is 10.1. The average molecular weight is 457 g/mol. The first kappa shape index (κ1) is 22.4. The Kier molecular flexibility index (Phi) is 6.35. The van der Waals surface area contributed by atoms with Crippen LogP contribution in [0.5, 0.6) is 5.75 Å². The van der Waals surface area contributed by atoms with Gasteiger partial charge in [0.1, 0.15) is 6.61 Å². The minimum absolute atomic E-state index is 0.0564. The monoisotopic (exact) mass is 457 g/mol. The zero-order valence-electron chi connectivity index (χ0n) is 17.2. The lowest BCUT2D eigenvalue weighted by molar-refractivity contribution is -0.275. The molecule has 4 rings (SSSR count). The number of rotatable bonds is 6. The highest BCUT2D eigenvalue weighted by Crippen LogP contribution is 2.44. The largest absolute Gasteiger partial charge is 0.573 e. The molecular formula is C25H19F4NO3. The van der Waals surface area contributed by atoms with Crippen LogP contribution < -0.4 is 10.1 Å². The topological polar surface area (TPSA) is 47.6 Å². The van der Waals surface area contributed by atoms with Crippen molar-refractivity contribution in [3.63, 3.8) is 0 Å². The highest BCUT2D eigenvalue weighted by Gasteiger charge is 2.32. The Labute approximate surface area is 187 Å². The van der Waals surface area contributed by atoms with Gasteiger partial charge in [0.2, 0.25) is 0 Å². The molecule has 1 N–H and O–H groups in total. The molecule has 0 spiro atoms. The van der Waals surface area contributed by atoms with Crippen molar-refractivity contribution >= 4 is 12.2 Å². The summed E-state index contributed by atoms with van der Waals surface area (Å²) in [5, 5.41) is 2.57. The number of ether oxygens (including phenoxy) is 2. The van der Waals surface area contributed by atoms with Crippen molar-refractivity contribution in [1.82, 2.24) is 5.32 Å². The molecule has 0 saturated heterocycles. The molecule has 3 aromatic rings. The van der Waals surface area contributed by atoms with Gasteiger partial charge in [-0.25, -0.2) is 9.18 Å². The van der Waals surface area contributed by atoms with Gasteiger partial charge in [0.05, 0.1) is 0 Å². The van der Waals surface area contributed by atoms with Crippen LogP contribution in [0.2, 0.25) is 0 Å². The summed E-state index contributed by atoms with van der Waals surface area (Å²) in [4.78, 5) is 12.1. The molecular weight excluding hydrogens is 438 g/mol. The molecule has 33 heavy (non-hydrogen) atoms. The number of alkyl halides is 3. The van der Waals surface area contributed by atoms with Crippen molar-refractivity contribution in [3.8, 4) is 16.9 Å². The Hall–Kier alpha value is -3.81. The zero-order valence-corrected chi connectivity index (χ0v) is 17.2. The molecule has 0 atom stereocenters. The van der Waals surface area contributed by atoms with Crippen LogP contribution in [0.15, 0.2) is 72.8 Å². The van der Waals surface area contributed by atoms with Gasteiger partial charge in [0, 0.05) is 12.5 Å². The predicted octanol–water partition coefficient (Wildman–Crippen LogP) is 6.28. The summed E-state index contributed by atoms with van der Waals surface area (Å²) >= 11 is 0. The number of carbonyl (C=O) groups is 1. The Balaban J connectivity index is 1.29. The van der Waals surface area contributed by atoms with Crippen LogP contribution in [0.4, 0.5) is 22.4 Å². The van der Waals surface area contributed by atoms with Crippen LogP contribution >= 0.6 is 0 Å². The third kappa shape index (κ3) is 5.34. The van der Waals surface area contributed by atoms with Crippen LogP contribution in [0.3, 0.4) is 0 Å². The van der Waals surface area contributed by atoms with E-state index in [0.29, 0.717) is 5.56 Å². The van der Waals surface area contributed by atoms with Crippen LogP contribution in [-0.2, 0) is 4.74 Å². The van der Waals surface area contributed by atoms with Gasteiger partial charge >= 0.3 is 12.5 Å². The highest BCUT2D eigenvalue weighted by atomic mass is 19.4. The number of nitrogens with one attached hydrogen (secondary N) is 1. The first-order chi connectivity index (χ1) is 15.8. The van der Waals surface area contributed by atoms with Crippen LogP contribution in [-0.4, -0.2) is 25.6 Å². The van der Waals surface area contributed by atoms with E-state index in [-0.39, 0.29) is 19.1 Å². The number of hydrogen-bond donors (Lipinski definition) is 1. The van der Waals surface area contributed by atoms with Gasteiger partial charge in [-0.05, 0) is 39.9 Å². The second-order valence-corrected chi connectivity index (χ2v) is 7.35. The molecule has 0 bridgehead atoms. The van der Waals surface area contributed by atoms with Crippen molar-refractivity contribution in [2.75, 3.05) is 13.2 Å². The third-order valence-electron chi connectivity index (χ3n) is 5.20. The average Bonchev–Trinajstić information content (AvgIpc) is 3.10. The lowest BCUT2D eigenvalue weighted by atomic mass is 9.98. The molecule has 0 fully saturated rings. The summed E-state index contributed by atoms with van der Waals surface area (Å²) in [7, 11) is 0. The van der Waals surface area contributed by atoms with Gasteiger partial charge in [0.25, 0.3) is 0 Å². The van der Waals surface area contributed by atoms with Crippen molar-refractivity contribution < 1.29 is 31.8 Å². The van der Waals surface area contributed by atoms with Crippen LogP contribution in [0.25, 0.3) is 17.2 Å². The number of hydrogen-bond acceptors (Lipinski definition) is 3. The van der Waals surface area contributed by atoms with E-state index in [1.165, 1.54) is 18.2 Å². The Bertz CT molecular complexity index is 1140. The maximum absolute atomic E-state index is 13.7. The fraction of sp³-hybridized carbons (Fsp3) is 0.160. The molecule has 0 aliphatic heterocycles. The molecule has 4 nitrogen and oxygen atoms in total. The van der Waals surface area contributed by atoms with Gasteiger partial charge in [-0.3, -0.25) is 0 Å². The van der Waals surface area contributed by atoms with E-state index in [1.807, 2.05) is 48.5 Å². The van der Waals surface area contributed by atoms with E-state index in [1.54, 1.807) is 0 Å². The zero-order chi connectivity index (χ0) is 23.4. The van der Waals surface area contributed by atoms with Crippen molar-refractivity contribution in [2.45, 2.75) is 12.3 Å². The molecule has 0 radical (unpaired) electrons. The van der Waals surface area contributed by atoms with Crippen molar-refractivity contribution in [1.29, 1.82) is 0 Å². The fourth-order valence-corrected chi connectivity index (χ4v) is 3.81. The van der Waals surface area contributed by atoms with E-state index in [2.05, 4.69) is 10.1 Å². The van der Waals surface area contributed by atoms with E-state index >= 15 is 0 Å². The van der Waals surface area contributed by atoms with Crippen molar-refractivity contribution in [2.24, 2.45) is 0 Å². The smallest absolute Gasteiger partial charge is 0.449 e. The Morgan fingerprint density at radius 2 is 1.61 bits per heavy atom. The van der Waals surface area contributed by atoms with Gasteiger partial charge in [-0.15, -0.1) is 13.2 Å². The highest BCUT2D eigenvalue weighted by molar-refractivity contribution is 5.79. The van der Waals surface area contributed by atoms with E-state index in [9.17, 15) is 22.4 Å². The summed E-state index contributed by atoms with van der Waals surface area (Å²) in [5.74, 6) is -2.10. The lowest BCUT2D eigenvalue weighted by Crippen LogP contribution is -2.26. The maximum atomic E-state index is 13.7. The summed E-state index contributed by atoms with van der Waals surface area (Å²) < 4.78 is 59.3. The Morgan fingerprint density at radius 3 is 2.21 bits per heavy atom. The molecule has 1 amide bonds. The molecule has 170 valence electrons. The normalized spacial score (nSPS) is 13.0. The van der Waals surface area contributed by atoms with Crippen LogP contribution in [0, 0.1) is 5.82 Å². The quantitative estimate of drug-likeness (QED) is 0.444. The number of carbonyl (C=O) groups excluding carboxylic acids is 1. The minimum Gasteiger partial charge on any atom is -0.449 e. The Morgan fingerprint density at radius 1 is 0.970 bits per heavy atom. The number of fused-ring (bicyclic) bond motifs is 3. The molecule has 0 unspecified atom stereocenters. The molecule has 0 saturated carbocycles. The molecule has 0 heterocycles. The summed E-state index contributed by atoms with van der Waals surface area (Å²) in [6, 6.07) is 19.1. The van der Waals surface area contributed by atoms with E-state index in [0.717, 1.165) is 34.4 Å². The minimum atomic E-state index is -4.97. The second-order valence-electron chi connectivity index (χ2n) is 7.35. The molecule has 1 aliphatic carbocycles. The summed E-state index contributed by atoms with van der Waals surface area (Å²) in [5.41, 5.74) is 4.78. The van der Waals surface area contributed by atoms with Gasteiger partial charge in [-0.2, -0.15) is 0 Å². The van der Waals surface area contributed by atoms with Gasteiger partial charge < -0.3 is 14.8 Å². The maximum Gasteiger partial charge on any atom is 0.573 e. The molecule has 8 heteroatoms. The first-order valence-corrected chi connectivity index (χ1v) is 10.1. The second kappa shape index (κ2) is 9.36. The van der Waals surface area contributed by atoms with E-state index < -0.39 is 24.0 Å². The molecule has 0 aromatic heterocycles. The predicted molar refractivity (Wildman–Crippen MR) is 115 cm³/mol.